The second-order valence-electron chi connectivity index (χ2n) is 2.71. The summed E-state index contributed by atoms with van der Waals surface area (Å²) in [6.45, 7) is 3.85. The summed E-state index contributed by atoms with van der Waals surface area (Å²) < 4.78 is 4.73. The van der Waals surface area contributed by atoms with E-state index in [9.17, 15) is 0 Å². The van der Waals surface area contributed by atoms with E-state index in [1.165, 1.54) is 7.11 Å². The van der Waals surface area contributed by atoms with E-state index in [-0.39, 0.29) is 5.41 Å². The molecule has 0 aromatic carbocycles. The van der Waals surface area contributed by atoms with Crippen LogP contribution in [-0.4, -0.2) is 23.8 Å². The lowest BCUT2D eigenvalue weighted by atomic mass is 9.96. The molecule has 1 N–H and O–H groups in total. The topological polar surface area (TPSA) is 29.5 Å². The highest BCUT2D eigenvalue weighted by Crippen LogP contribution is 2.23. The van der Waals surface area contributed by atoms with Crippen molar-refractivity contribution in [1.82, 2.24) is 0 Å². The number of halogens is 1. The standard InChI is InChI=1S/C6H13BrO2/c1-6(2,4-7)5(8)9-3/h5,8H,4H2,1-3H3. The fourth-order valence-electron chi connectivity index (χ4n) is 0.385. The third kappa shape index (κ3) is 2.65. The number of aliphatic hydroxyl groups is 1. The summed E-state index contributed by atoms with van der Waals surface area (Å²) in [5, 5.41) is 9.86. The molecule has 1 unspecified atom stereocenters. The van der Waals surface area contributed by atoms with Gasteiger partial charge in [0.2, 0.25) is 0 Å². The van der Waals surface area contributed by atoms with E-state index in [1.807, 2.05) is 13.8 Å². The Hall–Kier alpha value is 0.400. The summed E-state index contributed by atoms with van der Waals surface area (Å²) >= 11 is 3.27. The Morgan fingerprint density at radius 2 is 2.11 bits per heavy atom. The Morgan fingerprint density at radius 3 is 2.22 bits per heavy atom. The highest BCUT2D eigenvalue weighted by atomic mass is 79.9. The zero-order valence-corrected chi connectivity index (χ0v) is 7.60. The van der Waals surface area contributed by atoms with Gasteiger partial charge in [-0.3, -0.25) is 0 Å². The molecule has 2 nitrogen and oxygen atoms in total. The fourth-order valence-corrected chi connectivity index (χ4v) is 0.662. The Balaban J connectivity index is 3.80. The van der Waals surface area contributed by atoms with Crippen LogP contribution in [0.4, 0.5) is 0 Å². The molecule has 0 aromatic heterocycles. The fraction of sp³-hybridized carbons (Fsp3) is 1.00. The van der Waals surface area contributed by atoms with Gasteiger partial charge in [-0.05, 0) is 0 Å². The number of ether oxygens (including phenoxy) is 1. The van der Waals surface area contributed by atoms with Crippen LogP contribution in [0.1, 0.15) is 13.8 Å². The number of hydrogen-bond donors (Lipinski definition) is 1. The van der Waals surface area contributed by atoms with Crippen LogP contribution in [0.3, 0.4) is 0 Å². The zero-order valence-electron chi connectivity index (χ0n) is 6.02. The Kier molecular flexibility index (Phi) is 3.70. The molecule has 0 aliphatic heterocycles. The molecule has 0 radical (unpaired) electrons. The molecule has 0 spiro atoms. The quantitative estimate of drug-likeness (QED) is 0.547. The van der Waals surface area contributed by atoms with Gasteiger partial charge in [0.15, 0.2) is 6.29 Å². The van der Waals surface area contributed by atoms with E-state index in [4.69, 9.17) is 9.84 Å². The van der Waals surface area contributed by atoms with Crippen molar-refractivity contribution < 1.29 is 9.84 Å². The van der Waals surface area contributed by atoms with Crippen molar-refractivity contribution in [2.24, 2.45) is 5.41 Å². The minimum atomic E-state index is -0.683. The van der Waals surface area contributed by atoms with E-state index >= 15 is 0 Å². The maximum Gasteiger partial charge on any atom is 0.160 e. The second kappa shape index (κ2) is 3.54. The number of methoxy groups -OCH3 is 1. The van der Waals surface area contributed by atoms with Gasteiger partial charge in [0.25, 0.3) is 0 Å². The summed E-state index contributed by atoms with van der Waals surface area (Å²) in [7, 11) is 1.50. The van der Waals surface area contributed by atoms with Gasteiger partial charge in [-0.1, -0.05) is 29.8 Å². The van der Waals surface area contributed by atoms with Gasteiger partial charge in [0, 0.05) is 17.9 Å². The third-order valence-electron chi connectivity index (χ3n) is 1.24. The van der Waals surface area contributed by atoms with Crippen LogP contribution in [0.15, 0.2) is 0 Å². The van der Waals surface area contributed by atoms with Crippen molar-refractivity contribution in [3.63, 3.8) is 0 Å². The molecule has 0 bridgehead atoms. The Morgan fingerprint density at radius 1 is 1.67 bits per heavy atom. The number of rotatable bonds is 3. The summed E-state index contributed by atoms with van der Waals surface area (Å²) in [6.07, 6.45) is -0.683. The van der Waals surface area contributed by atoms with Gasteiger partial charge >= 0.3 is 0 Å². The third-order valence-corrected chi connectivity index (χ3v) is 2.68. The van der Waals surface area contributed by atoms with Gasteiger partial charge in [0.1, 0.15) is 0 Å². The molecule has 56 valence electrons. The van der Waals surface area contributed by atoms with E-state index in [0.29, 0.717) is 0 Å². The van der Waals surface area contributed by atoms with Crippen LogP contribution < -0.4 is 0 Å². The van der Waals surface area contributed by atoms with Crippen LogP contribution in [0.5, 0.6) is 0 Å². The van der Waals surface area contributed by atoms with Gasteiger partial charge in [-0.15, -0.1) is 0 Å². The molecule has 0 saturated carbocycles. The first-order chi connectivity index (χ1) is 4.04. The number of hydrogen-bond acceptors (Lipinski definition) is 2. The van der Waals surface area contributed by atoms with Gasteiger partial charge in [-0.2, -0.15) is 0 Å². The molecule has 0 aromatic rings. The van der Waals surface area contributed by atoms with Crippen LogP contribution in [0.25, 0.3) is 0 Å². The van der Waals surface area contributed by atoms with Crippen LogP contribution in [0.2, 0.25) is 0 Å². The molecule has 3 heteroatoms. The van der Waals surface area contributed by atoms with Crippen LogP contribution >= 0.6 is 15.9 Å². The molecule has 0 saturated heterocycles. The molecule has 0 aliphatic carbocycles. The largest absolute Gasteiger partial charge is 0.367 e. The minimum Gasteiger partial charge on any atom is -0.367 e. The van der Waals surface area contributed by atoms with Crippen LogP contribution in [-0.2, 0) is 4.74 Å². The maximum atomic E-state index is 9.13. The lowest BCUT2D eigenvalue weighted by molar-refractivity contribution is -0.137. The smallest absolute Gasteiger partial charge is 0.160 e. The predicted octanol–water partition coefficient (Wildman–Crippen LogP) is 1.37. The van der Waals surface area contributed by atoms with E-state index < -0.39 is 6.29 Å². The van der Waals surface area contributed by atoms with Crippen molar-refractivity contribution in [2.75, 3.05) is 12.4 Å². The van der Waals surface area contributed by atoms with Crippen molar-refractivity contribution in [1.29, 1.82) is 0 Å². The summed E-state index contributed by atoms with van der Waals surface area (Å²) in [5.41, 5.74) is -0.200. The molecular weight excluding hydrogens is 184 g/mol. The second-order valence-corrected chi connectivity index (χ2v) is 3.27. The predicted molar refractivity (Wildman–Crippen MR) is 40.6 cm³/mol. The van der Waals surface area contributed by atoms with Gasteiger partial charge < -0.3 is 9.84 Å². The average Bonchev–Trinajstić information content (AvgIpc) is 1.86. The first-order valence-corrected chi connectivity index (χ1v) is 3.93. The summed E-state index contributed by atoms with van der Waals surface area (Å²) in [6, 6.07) is 0. The molecular formula is C6H13BrO2. The number of aliphatic hydroxyl groups excluding tert-OH is 1. The lowest BCUT2D eigenvalue weighted by Crippen LogP contribution is -2.32. The normalized spacial score (nSPS) is 15.7. The first-order valence-electron chi connectivity index (χ1n) is 2.81. The van der Waals surface area contributed by atoms with Gasteiger partial charge in [-0.25, -0.2) is 0 Å². The van der Waals surface area contributed by atoms with Crippen molar-refractivity contribution >= 4 is 15.9 Å². The summed E-state index contributed by atoms with van der Waals surface area (Å²) in [4.78, 5) is 0. The molecule has 0 rings (SSSR count). The van der Waals surface area contributed by atoms with Crippen molar-refractivity contribution in [3.8, 4) is 0 Å². The highest BCUT2D eigenvalue weighted by molar-refractivity contribution is 9.09. The molecule has 0 amide bonds. The molecule has 0 aliphatic rings. The average molecular weight is 197 g/mol. The maximum absolute atomic E-state index is 9.13. The lowest BCUT2D eigenvalue weighted by Gasteiger charge is -2.26. The molecule has 1 atom stereocenters. The minimum absolute atomic E-state index is 0.200. The number of alkyl halides is 1. The Labute approximate surface area is 64.3 Å². The van der Waals surface area contributed by atoms with E-state index in [2.05, 4.69) is 15.9 Å². The van der Waals surface area contributed by atoms with E-state index in [0.717, 1.165) is 5.33 Å². The van der Waals surface area contributed by atoms with Crippen molar-refractivity contribution in [2.45, 2.75) is 20.1 Å². The molecule has 0 fully saturated rings. The first kappa shape index (κ1) is 9.40. The monoisotopic (exact) mass is 196 g/mol. The molecule has 0 heterocycles. The molecule has 9 heavy (non-hydrogen) atoms. The SMILES string of the molecule is COC(O)C(C)(C)CBr. The van der Waals surface area contributed by atoms with E-state index in [1.54, 1.807) is 0 Å². The zero-order chi connectivity index (χ0) is 7.49. The van der Waals surface area contributed by atoms with Gasteiger partial charge in [0.05, 0.1) is 0 Å². The highest BCUT2D eigenvalue weighted by Gasteiger charge is 2.25. The van der Waals surface area contributed by atoms with Crippen LogP contribution in [0, 0.1) is 5.41 Å². The Bertz CT molecular complexity index is 83.1. The van der Waals surface area contributed by atoms with Crippen molar-refractivity contribution in [3.05, 3.63) is 0 Å². The summed E-state index contributed by atoms with van der Waals surface area (Å²) in [5.74, 6) is 0.